The Morgan fingerprint density at radius 3 is 2.40 bits per heavy atom. The Kier molecular flexibility index (Phi) is 7.08. The summed E-state index contributed by atoms with van der Waals surface area (Å²) in [7, 11) is -3.26. The average molecular weight is 238 g/mol. The zero-order chi connectivity index (χ0) is 11.9. The highest BCUT2D eigenvalue weighted by Gasteiger charge is 2.20. The summed E-state index contributed by atoms with van der Waals surface area (Å²) < 4.78 is 30.7. The van der Waals surface area contributed by atoms with Crippen LogP contribution < -0.4 is 10.5 Å². The van der Waals surface area contributed by atoms with Crippen molar-refractivity contribution in [1.82, 2.24) is 4.72 Å². The molecule has 5 nitrogen and oxygen atoms in total. The van der Waals surface area contributed by atoms with Crippen molar-refractivity contribution < 1.29 is 13.2 Å². The second-order valence-electron chi connectivity index (χ2n) is 3.74. The molecule has 0 radical (unpaired) electrons. The predicted octanol–water partition coefficient (Wildman–Crippen LogP) is -0.0744. The summed E-state index contributed by atoms with van der Waals surface area (Å²) in [6.07, 6.45) is 0. The van der Waals surface area contributed by atoms with Crippen molar-refractivity contribution in [2.75, 3.05) is 25.5 Å². The van der Waals surface area contributed by atoms with E-state index >= 15 is 0 Å². The van der Waals surface area contributed by atoms with E-state index in [2.05, 4.69) is 4.72 Å². The van der Waals surface area contributed by atoms with Crippen LogP contribution in [-0.4, -0.2) is 40.0 Å². The van der Waals surface area contributed by atoms with Crippen LogP contribution in [0.25, 0.3) is 0 Å². The lowest BCUT2D eigenvalue weighted by Gasteiger charge is -2.21. The predicted molar refractivity (Wildman–Crippen MR) is 61.1 cm³/mol. The normalized spacial score (nSPS) is 14.5. The van der Waals surface area contributed by atoms with Gasteiger partial charge in [0.2, 0.25) is 10.0 Å². The molecule has 3 N–H and O–H groups in total. The maximum atomic E-state index is 11.5. The number of nitrogens with two attached hydrogens (primary N) is 1. The molecule has 0 aliphatic carbocycles. The summed E-state index contributed by atoms with van der Waals surface area (Å²) in [5, 5.41) is 0. The van der Waals surface area contributed by atoms with E-state index in [1.807, 2.05) is 20.8 Å². The maximum Gasteiger partial charge on any atom is 0.213 e. The highest BCUT2D eigenvalue weighted by molar-refractivity contribution is 7.89. The summed E-state index contributed by atoms with van der Waals surface area (Å²) in [6, 6.07) is -0.179. The van der Waals surface area contributed by atoms with Crippen LogP contribution in [0.1, 0.15) is 20.8 Å². The van der Waals surface area contributed by atoms with Crippen molar-refractivity contribution in [3.63, 3.8) is 0 Å². The smallest absolute Gasteiger partial charge is 0.213 e. The fourth-order valence-corrected chi connectivity index (χ4v) is 2.28. The van der Waals surface area contributed by atoms with Crippen molar-refractivity contribution in [2.24, 2.45) is 11.7 Å². The molecule has 15 heavy (non-hydrogen) atoms. The fraction of sp³-hybridized carbons (Fsp3) is 1.00. The first-order chi connectivity index (χ1) is 6.93. The lowest BCUT2D eigenvalue weighted by Crippen LogP contribution is -2.43. The molecule has 0 aliphatic rings. The van der Waals surface area contributed by atoms with Gasteiger partial charge in [0.15, 0.2) is 0 Å². The van der Waals surface area contributed by atoms with E-state index in [1.54, 1.807) is 0 Å². The van der Waals surface area contributed by atoms with Gasteiger partial charge in [-0.15, -0.1) is 0 Å². The fourth-order valence-electron chi connectivity index (χ4n) is 1.05. The van der Waals surface area contributed by atoms with Gasteiger partial charge in [-0.3, -0.25) is 0 Å². The molecule has 0 aliphatic heterocycles. The summed E-state index contributed by atoms with van der Waals surface area (Å²) in [5.74, 6) is 0.159. The molecule has 1 atom stereocenters. The zero-order valence-corrected chi connectivity index (χ0v) is 10.5. The molecule has 0 heterocycles. The van der Waals surface area contributed by atoms with Crippen molar-refractivity contribution in [3.8, 4) is 0 Å². The number of hydrogen-bond acceptors (Lipinski definition) is 4. The van der Waals surface area contributed by atoms with Gasteiger partial charge in [0.05, 0.1) is 12.4 Å². The van der Waals surface area contributed by atoms with Crippen LogP contribution in [-0.2, 0) is 14.8 Å². The number of hydrogen-bond donors (Lipinski definition) is 2. The summed E-state index contributed by atoms with van der Waals surface area (Å²) >= 11 is 0. The Balaban J connectivity index is 4.27. The van der Waals surface area contributed by atoms with Gasteiger partial charge in [-0.25, -0.2) is 13.1 Å². The summed E-state index contributed by atoms with van der Waals surface area (Å²) in [4.78, 5) is 0. The molecule has 92 valence electrons. The standard InChI is InChI=1S/C9H22N2O3S/c1-4-14-7-9(8(2)3)11-15(12,13)6-5-10/h8-9,11H,4-7,10H2,1-3H3. The molecular weight excluding hydrogens is 216 g/mol. The Morgan fingerprint density at radius 2 is 2.00 bits per heavy atom. The monoisotopic (exact) mass is 238 g/mol. The minimum Gasteiger partial charge on any atom is -0.380 e. The molecule has 1 unspecified atom stereocenters. The molecule has 0 rings (SSSR count). The first-order valence-corrected chi connectivity index (χ1v) is 6.86. The second kappa shape index (κ2) is 7.16. The summed E-state index contributed by atoms with van der Waals surface area (Å²) in [6.45, 7) is 6.91. The number of rotatable bonds is 8. The van der Waals surface area contributed by atoms with Crippen LogP contribution >= 0.6 is 0 Å². The van der Waals surface area contributed by atoms with E-state index in [1.165, 1.54) is 0 Å². The molecule has 0 saturated heterocycles. The largest absolute Gasteiger partial charge is 0.380 e. The highest BCUT2D eigenvalue weighted by atomic mass is 32.2. The molecule has 0 aromatic carbocycles. The number of ether oxygens (including phenoxy) is 1. The van der Waals surface area contributed by atoms with Crippen molar-refractivity contribution in [3.05, 3.63) is 0 Å². The van der Waals surface area contributed by atoms with Crippen molar-refractivity contribution in [2.45, 2.75) is 26.8 Å². The van der Waals surface area contributed by atoms with Gasteiger partial charge in [0.1, 0.15) is 0 Å². The molecule has 6 heteroatoms. The van der Waals surface area contributed by atoms with Gasteiger partial charge in [-0.2, -0.15) is 0 Å². The molecule has 0 spiro atoms. The first kappa shape index (κ1) is 14.8. The van der Waals surface area contributed by atoms with Crippen LogP contribution in [0.15, 0.2) is 0 Å². The highest BCUT2D eigenvalue weighted by Crippen LogP contribution is 2.04. The number of sulfonamides is 1. The Morgan fingerprint density at radius 1 is 1.40 bits per heavy atom. The molecule has 0 saturated carbocycles. The maximum absolute atomic E-state index is 11.5. The van der Waals surface area contributed by atoms with E-state index in [0.29, 0.717) is 13.2 Å². The minimum absolute atomic E-state index is 0.0393. The molecule has 0 fully saturated rings. The second-order valence-corrected chi connectivity index (χ2v) is 5.61. The van der Waals surface area contributed by atoms with E-state index in [9.17, 15) is 8.42 Å². The quantitative estimate of drug-likeness (QED) is 0.620. The molecule has 0 aromatic heterocycles. The van der Waals surface area contributed by atoms with Crippen LogP contribution in [0.2, 0.25) is 0 Å². The van der Waals surface area contributed by atoms with Gasteiger partial charge in [0.25, 0.3) is 0 Å². The lowest BCUT2D eigenvalue weighted by molar-refractivity contribution is 0.116. The van der Waals surface area contributed by atoms with Crippen LogP contribution in [0.4, 0.5) is 0 Å². The average Bonchev–Trinajstić information content (AvgIpc) is 2.11. The number of nitrogens with one attached hydrogen (secondary N) is 1. The zero-order valence-electron chi connectivity index (χ0n) is 9.69. The van der Waals surface area contributed by atoms with Gasteiger partial charge >= 0.3 is 0 Å². The van der Waals surface area contributed by atoms with E-state index in [0.717, 1.165) is 0 Å². The van der Waals surface area contributed by atoms with Crippen LogP contribution in [0, 0.1) is 5.92 Å². The Labute approximate surface area is 92.4 Å². The van der Waals surface area contributed by atoms with Crippen molar-refractivity contribution in [1.29, 1.82) is 0 Å². The van der Waals surface area contributed by atoms with E-state index in [-0.39, 0.29) is 24.3 Å². The van der Waals surface area contributed by atoms with E-state index in [4.69, 9.17) is 10.5 Å². The molecular formula is C9H22N2O3S. The van der Waals surface area contributed by atoms with Gasteiger partial charge < -0.3 is 10.5 Å². The first-order valence-electron chi connectivity index (χ1n) is 5.20. The Hall–Kier alpha value is -0.170. The summed E-state index contributed by atoms with van der Waals surface area (Å²) in [5.41, 5.74) is 5.22. The third-order valence-electron chi connectivity index (χ3n) is 2.02. The van der Waals surface area contributed by atoms with E-state index < -0.39 is 10.0 Å². The van der Waals surface area contributed by atoms with Crippen LogP contribution in [0.3, 0.4) is 0 Å². The Bertz CT molecular complexity index is 252. The minimum atomic E-state index is -3.26. The molecule has 0 bridgehead atoms. The third-order valence-corrected chi connectivity index (χ3v) is 3.46. The van der Waals surface area contributed by atoms with Crippen LogP contribution in [0.5, 0.6) is 0 Å². The molecule has 0 amide bonds. The van der Waals surface area contributed by atoms with Gasteiger partial charge in [-0.05, 0) is 12.8 Å². The van der Waals surface area contributed by atoms with Crippen molar-refractivity contribution >= 4 is 10.0 Å². The lowest BCUT2D eigenvalue weighted by atomic mass is 10.1. The van der Waals surface area contributed by atoms with Gasteiger partial charge in [0, 0.05) is 19.2 Å². The van der Waals surface area contributed by atoms with Gasteiger partial charge in [-0.1, -0.05) is 13.8 Å². The topological polar surface area (TPSA) is 81.4 Å². The molecule has 0 aromatic rings. The SMILES string of the molecule is CCOCC(NS(=O)(=O)CCN)C(C)C. The third kappa shape index (κ3) is 6.83.